The van der Waals surface area contributed by atoms with E-state index in [0.717, 1.165) is 37.6 Å². The Morgan fingerprint density at radius 3 is 2.71 bits per heavy atom. The molecule has 1 saturated heterocycles. The van der Waals surface area contributed by atoms with Crippen LogP contribution in [0.4, 0.5) is 5.95 Å². The van der Waals surface area contributed by atoms with Gasteiger partial charge < -0.3 is 14.8 Å². The van der Waals surface area contributed by atoms with Gasteiger partial charge in [0.05, 0.1) is 11.0 Å². The Balaban J connectivity index is 2.10. The molecule has 2 heterocycles. The van der Waals surface area contributed by atoms with Gasteiger partial charge in [0.15, 0.2) is 0 Å². The van der Waals surface area contributed by atoms with Crippen LogP contribution in [0.25, 0.3) is 11.0 Å². The second-order valence-electron chi connectivity index (χ2n) is 4.65. The molecule has 4 heteroatoms. The molecule has 0 aliphatic carbocycles. The van der Waals surface area contributed by atoms with Crippen LogP contribution in [0.2, 0.25) is 0 Å². The number of nitrogens with zero attached hydrogens (tertiary/aromatic N) is 3. The van der Waals surface area contributed by atoms with Gasteiger partial charge in [0.1, 0.15) is 0 Å². The molecule has 4 nitrogen and oxygen atoms in total. The lowest BCUT2D eigenvalue weighted by Crippen LogP contribution is -2.44. The van der Waals surface area contributed by atoms with Gasteiger partial charge in [-0.15, -0.1) is 0 Å². The minimum atomic E-state index is 1.04. The molecule has 1 aliphatic heterocycles. The molecule has 1 aromatic heterocycles. The van der Waals surface area contributed by atoms with Crippen LogP contribution in [0.3, 0.4) is 0 Å². The van der Waals surface area contributed by atoms with Gasteiger partial charge in [0.2, 0.25) is 5.95 Å². The van der Waals surface area contributed by atoms with Crippen LogP contribution in [0.1, 0.15) is 5.56 Å². The normalized spacial score (nSPS) is 16.7. The van der Waals surface area contributed by atoms with Crippen molar-refractivity contribution in [3.8, 4) is 0 Å². The van der Waals surface area contributed by atoms with Crippen LogP contribution in [-0.4, -0.2) is 35.7 Å². The predicted octanol–water partition coefficient (Wildman–Crippen LogP) is 1.29. The van der Waals surface area contributed by atoms with E-state index in [0.29, 0.717) is 0 Å². The number of hydrogen-bond donors (Lipinski definition) is 1. The monoisotopic (exact) mass is 230 g/mol. The van der Waals surface area contributed by atoms with Gasteiger partial charge in [0, 0.05) is 33.2 Å². The van der Waals surface area contributed by atoms with E-state index in [2.05, 4.69) is 47.0 Å². The molecule has 1 N–H and O–H groups in total. The fraction of sp³-hybridized carbons (Fsp3) is 0.462. The molecule has 1 fully saturated rings. The van der Waals surface area contributed by atoms with Gasteiger partial charge in [-0.2, -0.15) is 0 Å². The van der Waals surface area contributed by atoms with Crippen molar-refractivity contribution >= 4 is 17.0 Å². The number of piperazine rings is 1. The van der Waals surface area contributed by atoms with Crippen molar-refractivity contribution in [1.29, 1.82) is 0 Å². The SMILES string of the molecule is Cc1cccc2c1nc(N1CCNCC1)n2C. The second-order valence-corrected chi connectivity index (χ2v) is 4.65. The maximum atomic E-state index is 4.80. The second kappa shape index (κ2) is 4.04. The smallest absolute Gasteiger partial charge is 0.206 e. The fourth-order valence-corrected chi connectivity index (χ4v) is 2.49. The first kappa shape index (κ1) is 10.6. The van der Waals surface area contributed by atoms with Crippen molar-refractivity contribution in [3.05, 3.63) is 23.8 Å². The molecule has 0 unspecified atom stereocenters. The molecule has 3 rings (SSSR count). The summed E-state index contributed by atoms with van der Waals surface area (Å²) in [6.07, 6.45) is 0. The average Bonchev–Trinajstić information content (AvgIpc) is 2.70. The zero-order valence-corrected chi connectivity index (χ0v) is 10.4. The number of anilines is 1. The van der Waals surface area contributed by atoms with E-state index in [1.807, 2.05) is 0 Å². The highest BCUT2D eigenvalue weighted by Crippen LogP contribution is 2.23. The highest BCUT2D eigenvalue weighted by molar-refractivity contribution is 5.81. The number of imidazole rings is 1. The van der Waals surface area contributed by atoms with Crippen molar-refractivity contribution in [2.75, 3.05) is 31.1 Å². The number of aryl methyl sites for hydroxylation is 2. The van der Waals surface area contributed by atoms with Crippen LogP contribution in [0.15, 0.2) is 18.2 Å². The lowest BCUT2D eigenvalue weighted by Gasteiger charge is -2.28. The van der Waals surface area contributed by atoms with E-state index in [-0.39, 0.29) is 0 Å². The van der Waals surface area contributed by atoms with Crippen molar-refractivity contribution in [2.45, 2.75) is 6.92 Å². The van der Waals surface area contributed by atoms with Crippen molar-refractivity contribution in [1.82, 2.24) is 14.9 Å². The van der Waals surface area contributed by atoms with Gasteiger partial charge >= 0.3 is 0 Å². The molecule has 0 radical (unpaired) electrons. The fourth-order valence-electron chi connectivity index (χ4n) is 2.49. The number of hydrogen-bond acceptors (Lipinski definition) is 3. The Hall–Kier alpha value is -1.55. The first-order valence-electron chi connectivity index (χ1n) is 6.15. The Bertz CT molecular complexity index is 538. The molecular formula is C13H18N4. The molecule has 0 amide bonds. The van der Waals surface area contributed by atoms with E-state index in [4.69, 9.17) is 4.98 Å². The lowest BCUT2D eigenvalue weighted by atomic mass is 10.2. The number of nitrogens with one attached hydrogen (secondary N) is 1. The molecule has 90 valence electrons. The van der Waals surface area contributed by atoms with Crippen molar-refractivity contribution < 1.29 is 0 Å². The van der Waals surface area contributed by atoms with Gasteiger partial charge in [-0.25, -0.2) is 4.98 Å². The zero-order valence-electron chi connectivity index (χ0n) is 10.4. The van der Waals surface area contributed by atoms with E-state index in [9.17, 15) is 0 Å². The number of para-hydroxylation sites is 1. The summed E-state index contributed by atoms with van der Waals surface area (Å²) in [5.41, 5.74) is 3.60. The molecule has 2 aromatic rings. The Labute approximate surface area is 101 Å². The molecule has 0 spiro atoms. The van der Waals surface area contributed by atoms with E-state index in [1.165, 1.54) is 11.1 Å². The summed E-state index contributed by atoms with van der Waals surface area (Å²) in [7, 11) is 2.10. The molecule has 1 aromatic carbocycles. The number of rotatable bonds is 1. The van der Waals surface area contributed by atoms with Crippen LogP contribution in [0, 0.1) is 6.92 Å². The first-order valence-corrected chi connectivity index (χ1v) is 6.15. The third-order valence-corrected chi connectivity index (χ3v) is 3.49. The minimum absolute atomic E-state index is 1.04. The number of benzene rings is 1. The molecule has 17 heavy (non-hydrogen) atoms. The van der Waals surface area contributed by atoms with E-state index in [1.54, 1.807) is 0 Å². The Kier molecular flexibility index (Phi) is 2.52. The Morgan fingerprint density at radius 1 is 1.24 bits per heavy atom. The zero-order chi connectivity index (χ0) is 11.8. The highest BCUT2D eigenvalue weighted by atomic mass is 15.3. The Morgan fingerprint density at radius 2 is 2.00 bits per heavy atom. The van der Waals surface area contributed by atoms with E-state index >= 15 is 0 Å². The van der Waals surface area contributed by atoms with E-state index < -0.39 is 0 Å². The topological polar surface area (TPSA) is 33.1 Å². The summed E-state index contributed by atoms with van der Waals surface area (Å²) in [6.45, 7) is 6.29. The highest BCUT2D eigenvalue weighted by Gasteiger charge is 2.17. The third kappa shape index (κ3) is 1.69. The van der Waals surface area contributed by atoms with Gasteiger partial charge in [-0.3, -0.25) is 0 Å². The standard InChI is InChI=1S/C13H18N4/c1-10-4-3-5-11-12(10)15-13(16(11)2)17-8-6-14-7-9-17/h3-5,14H,6-9H2,1-2H3. The largest absolute Gasteiger partial charge is 0.340 e. The lowest BCUT2D eigenvalue weighted by molar-refractivity contribution is 0.575. The third-order valence-electron chi connectivity index (χ3n) is 3.49. The summed E-state index contributed by atoms with van der Waals surface area (Å²) in [4.78, 5) is 7.15. The van der Waals surface area contributed by atoms with Gasteiger partial charge in [-0.1, -0.05) is 12.1 Å². The van der Waals surface area contributed by atoms with Crippen LogP contribution in [0.5, 0.6) is 0 Å². The molecule has 0 bridgehead atoms. The quantitative estimate of drug-likeness (QED) is 0.801. The van der Waals surface area contributed by atoms with Crippen molar-refractivity contribution in [3.63, 3.8) is 0 Å². The maximum Gasteiger partial charge on any atom is 0.206 e. The van der Waals surface area contributed by atoms with Crippen LogP contribution < -0.4 is 10.2 Å². The summed E-state index contributed by atoms with van der Waals surface area (Å²) in [5, 5.41) is 3.37. The molecule has 0 saturated carbocycles. The number of fused-ring (bicyclic) bond motifs is 1. The molecular weight excluding hydrogens is 212 g/mol. The van der Waals surface area contributed by atoms with Crippen molar-refractivity contribution in [2.24, 2.45) is 7.05 Å². The minimum Gasteiger partial charge on any atom is -0.340 e. The maximum absolute atomic E-state index is 4.80. The summed E-state index contributed by atoms with van der Waals surface area (Å²) in [5.74, 6) is 1.09. The summed E-state index contributed by atoms with van der Waals surface area (Å²) < 4.78 is 2.20. The van der Waals surface area contributed by atoms with Crippen LogP contribution >= 0.6 is 0 Å². The summed E-state index contributed by atoms with van der Waals surface area (Å²) >= 11 is 0. The molecule has 0 atom stereocenters. The predicted molar refractivity (Wildman–Crippen MR) is 70.5 cm³/mol. The average molecular weight is 230 g/mol. The first-order chi connectivity index (χ1) is 8.27. The number of aromatic nitrogens is 2. The summed E-state index contributed by atoms with van der Waals surface area (Å²) in [6, 6.07) is 6.36. The molecule has 1 aliphatic rings. The van der Waals surface area contributed by atoms with Gasteiger partial charge in [-0.05, 0) is 18.6 Å². The van der Waals surface area contributed by atoms with Crippen LogP contribution in [-0.2, 0) is 7.05 Å². The van der Waals surface area contributed by atoms with Gasteiger partial charge in [0.25, 0.3) is 0 Å².